The monoisotopic (exact) mass is 171 g/mol. The van der Waals surface area contributed by atoms with Crippen molar-refractivity contribution in [3.63, 3.8) is 0 Å². The Balaban J connectivity index is 2.26. The topological polar surface area (TPSA) is 21.3 Å². The molecule has 12 heavy (non-hydrogen) atoms. The molecule has 1 N–H and O–H groups in total. The van der Waals surface area contributed by atoms with Crippen LogP contribution in [0.1, 0.15) is 33.1 Å². The average molecular weight is 171 g/mol. The molecule has 0 radical (unpaired) electrons. The Morgan fingerprint density at radius 1 is 1.50 bits per heavy atom. The van der Waals surface area contributed by atoms with Crippen molar-refractivity contribution in [3.8, 4) is 0 Å². The molecule has 0 aliphatic carbocycles. The van der Waals surface area contributed by atoms with E-state index >= 15 is 0 Å². The molecule has 2 atom stereocenters. The second-order valence-electron chi connectivity index (χ2n) is 4.01. The molecular weight excluding hydrogens is 150 g/mol. The van der Waals surface area contributed by atoms with E-state index in [-0.39, 0.29) is 0 Å². The van der Waals surface area contributed by atoms with E-state index in [9.17, 15) is 0 Å². The van der Waals surface area contributed by atoms with Crippen molar-refractivity contribution in [1.29, 1.82) is 0 Å². The number of hydrogen-bond donors (Lipinski definition) is 1. The van der Waals surface area contributed by atoms with Gasteiger partial charge in [-0.1, -0.05) is 13.8 Å². The van der Waals surface area contributed by atoms with E-state index in [1.54, 1.807) is 0 Å². The summed E-state index contributed by atoms with van der Waals surface area (Å²) in [6, 6.07) is 0.619. The number of hydrogen-bond acceptors (Lipinski definition) is 2. The van der Waals surface area contributed by atoms with Gasteiger partial charge in [0.2, 0.25) is 0 Å². The molecule has 0 amide bonds. The van der Waals surface area contributed by atoms with Crippen molar-refractivity contribution in [2.75, 3.05) is 13.7 Å². The lowest BCUT2D eigenvalue weighted by molar-refractivity contribution is 0.0902. The van der Waals surface area contributed by atoms with Gasteiger partial charge in [0.1, 0.15) is 0 Å². The third kappa shape index (κ3) is 2.76. The van der Waals surface area contributed by atoms with Crippen LogP contribution < -0.4 is 5.32 Å². The number of ether oxygens (including phenoxy) is 1. The third-order valence-electron chi connectivity index (χ3n) is 2.72. The fourth-order valence-corrected chi connectivity index (χ4v) is 1.84. The van der Waals surface area contributed by atoms with Gasteiger partial charge in [-0.3, -0.25) is 0 Å². The summed E-state index contributed by atoms with van der Waals surface area (Å²) in [6.07, 6.45) is 4.20. The summed E-state index contributed by atoms with van der Waals surface area (Å²) in [7, 11) is 2.04. The SMILES string of the molecule is CNC(CC1CCCO1)C(C)C. The highest BCUT2D eigenvalue weighted by Crippen LogP contribution is 2.19. The summed E-state index contributed by atoms with van der Waals surface area (Å²) < 4.78 is 5.60. The van der Waals surface area contributed by atoms with Crippen LogP contribution in [0.15, 0.2) is 0 Å². The van der Waals surface area contributed by atoms with Crippen LogP contribution >= 0.6 is 0 Å². The molecule has 2 heteroatoms. The zero-order chi connectivity index (χ0) is 8.97. The van der Waals surface area contributed by atoms with Gasteiger partial charge < -0.3 is 10.1 Å². The average Bonchev–Trinajstić information content (AvgIpc) is 2.51. The van der Waals surface area contributed by atoms with E-state index < -0.39 is 0 Å². The first-order valence-corrected chi connectivity index (χ1v) is 5.03. The normalized spacial score (nSPS) is 26.5. The molecule has 72 valence electrons. The maximum Gasteiger partial charge on any atom is 0.0590 e. The van der Waals surface area contributed by atoms with Crippen LogP contribution in [0, 0.1) is 5.92 Å². The lowest BCUT2D eigenvalue weighted by Gasteiger charge is -2.22. The molecule has 1 heterocycles. The Labute approximate surface area is 75.7 Å². The minimum Gasteiger partial charge on any atom is -0.378 e. The summed E-state index contributed by atoms with van der Waals surface area (Å²) in [5.41, 5.74) is 0. The quantitative estimate of drug-likeness (QED) is 0.696. The Bertz CT molecular complexity index is 119. The van der Waals surface area contributed by atoms with Crippen LogP contribution in [0.3, 0.4) is 0 Å². The van der Waals surface area contributed by atoms with Crippen LogP contribution in [0.25, 0.3) is 0 Å². The van der Waals surface area contributed by atoms with E-state index in [1.165, 1.54) is 19.3 Å². The highest BCUT2D eigenvalue weighted by molar-refractivity contribution is 4.76. The van der Waals surface area contributed by atoms with Crippen molar-refractivity contribution in [1.82, 2.24) is 5.32 Å². The Morgan fingerprint density at radius 2 is 2.25 bits per heavy atom. The molecule has 0 aromatic carbocycles. The second kappa shape index (κ2) is 4.83. The number of rotatable bonds is 4. The molecular formula is C10H21NO. The molecule has 1 saturated heterocycles. The van der Waals surface area contributed by atoms with Crippen LogP contribution in [0.5, 0.6) is 0 Å². The first-order valence-electron chi connectivity index (χ1n) is 5.03. The fourth-order valence-electron chi connectivity index (χ4n) is 1.84. The van der Waals surface area contributed by atoms with Gasteiger partial charge in [0, 0.05) is 12.6 Å². The molecule has 0 bridgehead atoms. The smallest absolute Gasteiger partial charge is 0.0590 e. The van der Waals surface area contributed by atoms with Gasteiger partial charge in [-0.05, 0) is 32.2 Å². The van der Waals surface area contributed by atoms with Crippen molar-refractivity contribution in [2.24, 2.45) is 5.92 Å². The van der Waals surface area contributed by atoms with Gasteiger partial charge in [-0.25, -0.2) is 0 Å². The molecule has 0 aromatic rings. The van der Waals surface area contributed by atoms with Gasteiger partial charge in [0.05, 0.1) is 6.10 Å². The number of nitrogens with one attached hydrogen (secondary N) is 1. The molecule has 1 aliphatic heterocycles. The van der Waals surface area contributed by atoms with Gasteiger partial charge in [-0.15, -0.1) is 0 Å². The zero-order valence-corrected chi connectivity index (χ0v) is 8.47. The minimum absolute atomic E-state index is 0.518. The molecule has 1 rings (SSSR count). The minimum atomic E-state index is 0.518. The largest absolute Gasteiger partial charge is 0.378 e. The summed E-state index contributed by atoms with van der Waals surface area (Å²) in [5.74, 6) is 0.708. The predicted octanol–water partition coefficient (Wildman–Crippen LogP) is 1.80. The summed E-state index contributed by atoms with van der Waals surface area (Å²) in [4.78, 5) is 0. The van der Waals surface area contributed by atoms with E-state index in [1.807, 2.05) is 7.05 Å². The Hall–Kier alpha value is -0.0800. The maximum absolute atomic E-state index is 5.60. The van der Waals surface area contributed by atoms with Crippen molar-refractivity contribution < 1.29 is 4.74 Å². The summed E-state index contributed by atoms with van der Waals surface area (Å²) in [6.45, 7) is 5.49. The maximum atomic E-state index is 5.60. The van der Waals surface area contributed by atoms with Crippen LogP contribution in [-0.4, -0.2) is 25.8 Å². The third-order valence-corrected chi connectivity index (χ3v) is 2.72. The molecule has 2 nitrogen and oxygen atoms in total. The predicted molar refractivity (Wildman–Crippen MR) is 51.3 cm³/mol. The molecule has 2 unspecified atom stereocenters. The standard InChI is InChI=1S/C10H21NO/c1-8(2)10(11-3)7-9-5-4-6-12-9/h8-11H,4-7H2,1-3H3. The molecule has 0 saturated carbocycles. The van der Waals surface area contributed by atoms with Crippen LogP contribution in [0.4, 0.5) is 0 Å². The lowest BCUT2D eigenvalue weighted by atomic mass is 9.97. The first kappa shape index (κ1) is 10.0. The molecule has 1 fully saturated rings. The van der Waals surface area contributed by atoms with Crippen molar-refractivity contribution in [3.05, 3.63) is 0 Å². The highest BCUT2D eigenvalue weighted by atomic mass is 16.5. The van der Waals surface area contributed by atoms with E-state index in [0.29, 0.717) is 18.1 Å². The summed E-state index contributed by atoms with van der Waals surface area (Å²) >= 11 is 0. The Kier molecular flexibility index (Phi) is 4.02. The highest BCUT2D eigenvalue weighted by Gasteiger charge is 2.21. The van der Waals surface area contributed by atoms with E-state index in [2.05, 4.69) is 19.2 Å². The second-order valence-corrected chi connectivity index (χ2v) is 4.01. The van der Waals surface area contributed by atoms with Crippen molar-refractivity contribution in [2.45, 2.75) is 45.3 Å². The van der Waals surface area contributed by atoms with Crippen LogP contribution in [-0.2, 0) is 4.74 Å². The van der Waals surface area contributed by atoms with Crippen LogP contribution in [0.2, 0.25) is 0 Å². The Morgan fingerprint density at radius 3 is 2.67 bits per heavy atom. The lowest BCUT2D eigenvalue weighted by Crippen LogP contribution is -2.34. The van der Waals surface area contributed by atoms with E-state index in [0.717, 1.165) is 6.61 Å². The molecule has 0 aromatic heterocycles. The fraction of sp³-hybridized carbons (Fsp3) is 1.00. The molecule has 0 spiro atoms. The zero-order valence-electron chi connectivity index (χ0n) is 8.47. The van der Waals surface area contributed by atoms with Gasteiger partial charge in [0.25, 0.3) is 0 Å². The summed E-state index contributed by atoms with van der Waals surface area (Å²) in [5, 5.41) is 3.35. The first-order chi connectivity index (χ1) is 5.74. The van der Waals surface area contributed by atoms with Gasteiger partial charge in [-0.2, -0.15) is 0 Å². The van der Waals surface area contributed by atoms with Crippen molar-refractivity contribution >= 4 is 0 Å². The van der Waals surface area contributed by atoms with E-state index in [4.69, 9.17) is 4.74 Å². The molecule has 1 aliphatic rings. The van der Waals surface area contributed by atoms with Gasteiger partial charge >= 0.3 is 0 Å². The van der Waals surface area contributed by atoms with Gasteiger partial charge in [0.15, 0.2) is 0 Å².